The third kappa shape index (κ3) is 3.72. The standard InChI is InChI=1S/C12H15FN2O4/c1-7(2)11(6-16)14-12(17)9-4-3-8(15(18)19)5-10(9)13/h3-5,7,11,16H,6H2,1-2H3,(H,14,17). The number of benzene rings is 1. The second kappa shape index (κ2) is 6.24. The van der Waals surface area contributed by atoms with Crippen molar-refractivity contribution < 1.29 is 19.2 Å². The van der Waals surface area contributed by atoms with Crippen LogP contribution >= 0.6 is 0 Å². The Morgan fingerprint density at radius 3 is 2.58 bits per heavy atom. The smallest absolute Gasteiger partial charge is 0.272 e. The summed E-state index contributed by atoms with van der Waals surface area (Å²) in [6.07, 6.45) is 0. The zero-order valence-electron chi connectivity index (χ0n) is 10.6. The minimum atomic E-state index is -0.966. The highest BCUT2D eigenvalue weighted by molar-refractivity contribution is 5.94. The number of carbonyl (C=O) groups is 1. The molecule has 0 saturated heterocycles. The molecule has 0 spiro atoms. The van der Waals surface area contributed by atoms with E-state index in [0.717, 1.165) is 12.1 Å². The van der Waals surface area contributed by atoms with Gasteiger partial charge in [0.05, 0.1) is 29.2 Å². The molecule has 1 aromatic carbocycles. The quantitative estimate of drug-likeness (QED) is 0.626. The highest BCUT2D eigenvalue weighted by Crippen LogP contribution is 2.16. The molecule has 1 amide bonds. The predicted molar refractivity (Wildman–Crippen MR) is 66.2 cm³/mol. The maximum atomic E-state index is 13.6. The van der Waals surface area contributed by atoms with E-state index in [2.05, 4.69) is 5.32 Å². The van der Waals surface area contributed by atoms with Crippen LogP contribution in [0.15, 0.2) is 18.2 Å². The van der Waals surface area contributed by atoms with Crippen LogP contribution in [-0.2, 0) is 0 Å². The molecule has 1 rings (SSSR count). The monoisotopic (exact) mass is 270 g/mol. The summed E-state index contributed by atoms with van der Waals surface area (Å²) in [5.74, 6) is -1.69. The summed E-state index contributed by atoms with van der Waals surface area (Å²) >= 11 is 0. The number of hydrogen-bond donors (Lipinski definition) is 2. The summed E-state index contributed by atoms with van der Waals surface area (Å²) < 4.78 is 13.6. The van der Waals surface area contributed by atoms with Crippen molar-refractivity contribution >= 4 is 11.6 Å². The molecule has 0 aliphatic carbocycles. The van der Waals surface area contributed by atoms with Gasteiger partial charge in [-0.2, -0.15) is 0 Å². The van der Waals surface area contributed by atoms with Gasteiger partial charge in [0.15, 0.2) is 0 Å². The number of nitrogens with zero attached hydrogens (tertiary/aromatic N) is 1. The van der Waals surface area contributed by atoms with Crippen LogP contribution in [0.1, 0.15) is 24.2 Å². The average Bonchev–Trinajstić information content (AvgIpc) is 2.34. The Hall–Kier alpha value is -2.02. The molecule has 0 radical (unpaired) electrons. The van der Waals surface area contributed by atoms with E-state index in [1.165, 1.54) is 0 Å². The van der Waals surface area contributed by atoms with Crippen molar-refractivity contribution in [2.45, 2.75) is 19.9 Å². The second-order valence-corrected chi connectivity index (χ2v) is 4.43. The van der Waals surface area contributed by atoms with Crippen molar-refractivity contribution in [2.75, 3.05) is 6.61 Å². The minimum absolute atomic E-state index is 0.0185. The Morgan fingerprint density at radius 2 is 2.16 bits per heavy atom. The Kier molecular flexibility index (Phi) is 4.94. The number of aliphatic hydroxyl groups is 1. The van der Waals surface area contributed by atoms with Gasteiger partial charge in [-0.25, -0.2) is 4.39 Å². The van der Waals surface area contributed by atoms with Crippen molar-refractivity contribution in [1.82, 2.24) is 5.32 Å². The van der Waals surface area contributed by atoms with Crippen molar-refractivity contribution in [3.05, 3.63) is 39.7 Å². The SMILES string of the molecule is CC(C)C(CO)NC(=O)c1ccc([N+](=O)[O-])cc1F. The molecule has 19 heavy (non-hydrogen) atoms. The predicted octanol–water partition coefficient (Wildman–Crippen LogP) is 1.48. The molecule has 0 bridgehead atoms. The molecule has 1 unspecified atom stereocenters. The normalized spacial score (nSPS) is 12.3. The maximum Gasteiger partial charge on any atom is 0.272 e. The van der Waals surface area contributed by atoms with E-state index < -0.39 is 28.4 Å². The number of nitro groups is 1. The molecule has 0 aromatic heterocycles. The lowest BCUT2D eigenvalue weighted by Crippen LogP contribution is -2.41. The van der Waals surface area contributed by atoms with Gasteiger partial charge >= 0.3 is 0 Å². The molecule has 0 fully saturated rings. The van der Waals surface area contributed by atoms with Crippen LogP contribution in [0.2, 0.25) is 0 Å². The van der Waals surface area contributed by atoms with Crippen LogP contribution in [0.4, 0.5) is 10.1 Å². The van der Waals surface area contributed by atoms with E-state index in [4.69, 9.17) is 5.11 Å². The first kappa shape index (κ1) is 15.0. The summed E-state index contributed by atoms with van der Waals surface area (Å²) in [6.45, 7) is 3.33. The number of nitrogens with one attached hydrogen (secondary N) is 1. The van der Waals surface area contributed by atoms with Gasteiger partial charge in [-0.3, -0.25) is 14.9 Å². The number of carbonyl (C=O) groups excluding carboxylic acids is 1. The highest BCUT2D eigenvalue weighted by Gasteiger charge is 2.20. The average molecular weight is 270 g/mol. The minimum Gasteiger partial charge on any atom is -0.394 e. The number of rotatable bonds is 5. The van der Waals surface area contributed by atoms with Crippen LogP contribution in [-0.4, -0.2) is 28.6 Å². The maximum absolute atomic E-state index is 13.6. The fourth-order valence-corrected chi connectivity index (χ4v) is 1.47. The third-order valence-corrected chi connectivity index (χ3v) is 2.73. The van der Waals surface area contributed by atoms with Gasteiger partial charge in [-0.05, 0) is 12.0 Å². The summed E-state index contributed by atoms with van der Waals surface area (Å²) in [7, 11) is 0. The van der Waals surface area contributed by atoms with Gasteiger partial charge in [0, 0.05) is 6.07 Å². The van der Waals surface area contributed by atoms with E-state index in [-0.39, 0.29) is 18.1 Å². The van der Waals surface area contributed by atoms with E-state index in [9.17, 15) is 19.3 Å². The van der Waals surface area contributed by atoms with Gasteiger partial charge < -0.3 is 10.4 Å². The molecular formula is C12H15FN2O4. The van der Waals surface area contributed by atoms with E-state index in [0.29, 0.717) is 6.07 Å². The van der Waals surface area contributed by atoms with Crippen LogP contribution in [0, 0.1) is 21.8 Å². The number of amides is 1. The van der Waals surface area contributed by atoms with Crippen LogP contribution in [0.5, 0.6) is 0 Å². The van der Waals surface area contributed by atoms with Gasteiger partial charge in [0.1, 0.15) is 5.82 Å². The number of non-ortho nitro benzene ring substituents is 1. The molecule has 0 aliphatic heterocycles. The van der Waals surface area contributed by atoms with Crippen molar-refractivity contribution in [3.8, 4) is 0 Å². The lowest BCUT2D eigenvalue weighted by Gasteiger charge is -2.19. The lowest BCUT2D eigenvalue weighted by atomic mass is 10.0. The molecule has 7 heteroatoms. The number of aliphatic hydroxyl groups excluding tert-OH is 1. The third-order valence-electron chi connectivity index (χ3n) is 2.73. The summed E-state index contributed by atoms with van der Waals surface area (Å²) in [5, 5.41) is 22.0. The van der Waals surface area contributed by atoms with Crippen molar-refractivity contribution in [1.29, 1.82) is 0 Å². The zero-order valence-corrected chi connectivity index (χ0v) is 10.6. The van der Waals surface area contributed by atoms with Gasteiger partial charge in [-0.1, -0.05) is 13.8 Å². The Labute approximate surface area is 109 Å². The van der Waals surface area contributed by atoms with Crippen molar-refractivity contribution in [2.24, 2.45) is 5.92 Å². The van der Waals surface area contributed by atoms with Gasteiger partial charge in [0.2, 0.25) is 0 Å². The van der Waals surface area contributed by atoms with Crippen LogP contribution < -0.4 is 5.32 Å². The number of halogens is 1. The largest absolute Gasteiger partial charge is 0.394 e. The van der Waals surface area contributed by atoms with E-state index in [1.807, 2.05) is 0 Å². The van der Waals surface area contributed by atoms with Crippen LogP contribution in [0.25, 0.3) is 0 Å². The Bertz CT molecular complexity index is 491. The second-order valence-electron chi connectivity index (χ2n) is 4.43. The fourth-order valence-electron chi connectivity index (χ4n) is 1.47. The fraction of sp³-hybridized carbons (Fsp3) is 0.417. The van der Waals surface area contributed by atoms with Crippen molar-refractivity contribution in [3.63, 3.8) is 0 Å². The van der Waals surface area contributed by atoms with E-state index in [1.54, 1.807) is 13.8 Å². The number of hydrogen-bond acceptors (Lipinski definition) is 4. The first-order chi connectivity index (χ1) is 8.86. The number of nitro benzene ring substituents is 1. The van der Waals surface area contributed by atoms with Gasteiger partial charge in [0.25, 0.3) is 11.6 Å². The molecular weight excluding hydrogens is 255 g/mol. The summed E-state index contributed by atoms with van der Waals surface area (Å²) in [5.41, 5.74) is -0.707. The molecule has 0 heterocycles. The topological polar surface area (TPSA) is 92.5 Å². The molecule has 104 valence electrons. The molecule has 6 nitrogen and oxygen atoms in total. The first-order valence-corrected chi connectivity index (χ1v) is 5.72. The van der Waals surface area contributed by atoms with E-state index >= 15 is 0 Å². The summed E-state index contributed by atoms with van der Waals surface area (Å²) in [4.78, 5) is 21.5. The molecule has 0 saturated carbocycles. The molecule has 2 N–H and O–H groups in total. The van der Waals surface area contributed by atoms with Gasteiger partial charge in [-0.15, -0.1) is 0 Å². The molecule has 0 aliphatic rings. The van der Waals surface area contributed by atoms with Crippen LogP contribution in [0.3, 0.4) is 0 Å². The molecule has 1 atom stereocenters. The molecule has 1 aromatic rings. The Balaban J connectivity index is 2.91. The Morgan fingerprint density at radius 1 is 1.53 bits per heavy atom. The zero-order chi connectivity index (χ0) is 14.6. The summed E-state index contributed by atoms with van der Waals surface area (Å²) in [6, 6.07) is 2.30. The lowest BCUT2D eigenvalue weighted by molar-refractivity contribution is -0.385. The first-order valence-electron chi connectivity index (χ1n) is 5.72. The highest BCUT2D eigenvalue weighted by atomic mass is 19.1.